The van der Waals surface area contributed by atoms with Crippen LogP contribution in [0.4, 0.5) is 8.78 Å². The smallest absolute Gasteiger partial charge is 0.153 e. The number of aromatic nitrogens is 2. The summed E-state index contributed by atoms with van der Waals surface area (Å²) in [6.07, 6.45) is 0. The molecule has 1 N–H and O–H groups in total. The van der Waals surface area contributed by atoms with E-state index in [9.17, 15) is 8.78 Å². The van der Waals surface area contributed by atoms with E-state index in [1.54, 1.807) is 18.2 Å². The lowest BCUT2D eigenvalue weighted by atomic mass is 10.2. The average molecular weight is 295 g/mol. The molecule has 102 valence electrons. The Morgan fingerprint density at radius 2 is 2.00 bits per heavy atom. The van der Waals surface area contributed by atoms with Crippen molar-refractivity contribution in [3.63, 3.8) is 0 Å². The van der Waals surface area contributed by atoms with Gasteiger partial charge in [0.05, 0.1) is 18.2 Å². The molecule has 6 heteroatoms. The number of ether oxygens (including phenoxy) is 1. The van der Waals surface area contributed by atoms with Crippen molar-refractivity contribution >= 4 is 22.6 Å². The van der Waals surface area contributed by atoms with Crippen LogP contribution in [0.15, 0.2) is 30.3 Å². The Kier molecular flexibility index (Phi) is 3.06. The van der Waals surface area contributed by atoms with Gasteiger partial charge in [0, 0.05) is 11.1 Å². The normalized spacial score (nSPS) is 11.0. The SMILES string of the molecule is COc1cc(Cl)ccc1-c1nc2c(F)cc(F)cc2[nH]1. The monoisotopic (exact) mass is 294 g/mol. The van der Waals surface area contributed by atoms with E-state index in [4.69, 9.17) is 16.3 Å². The minimum Gasteiger partial charge on any atom is -0.496 e. The number of methoxy groups -OCH3 is 1. The Morgan fingerprint density at radius 1 is 1.20 bits per heavy atom. The topological polar surface area (TPSA) is 37.9 Å². The molecule has 0 atom stereocenters. The molecule has 2 aromatic carbocycles. The third kappa shape index (κ3) is 2.10. The number of fused-ring (bicyclic) bond motifs is 1. The minimum atomic E-state index is -0.713. The van der Waals surface area contributed by atoms with Crippen LogP contribution >= 0.6 is 11.6 Å². The first-order valence-corrected chi connectivity index (χ1v) is 6.15. The number of halogens is 3. The summed E-state index contributed by atoms with van der Waals surface area (Å²) in [6.45, 7) is 0. The van der Waals surface area contributed by atoms with Gasteiger partial charge in [0.2, 0.25) is 0 Å². The van der Waals surface area contributed by atoms with E-state index >= 15 is 0 Å². The van der Waals surface area contributed by atoms with Crippen LogP contribution in [0, 0.1) is 11.6 Å². The van der Waals surface area contributed by atoms with Crippen molar-refractivity contribution in [3.05, 3.63) is 47.0 Å². The first kappa shape index (κ1) is 12.9. The van der Waals surface area contributed by atoms with Crippen LogP contribution < -0.4 is 4.74 Å². The molecule has 0 bridgehead atoms. The number of nitrogens with zero attached hydrogens (tertiary/aromatic N) is 1. The lowest BCUT2D eigenvalue weighted by Gasteiger charge is -2.06. The summed E-state index contributed by atoms with van der Waals surface area (Å²) in [7, 11) is 1.50. The molecular formula is C14H9ClF2N2O. The molecule has 0 unspecified atom stereocenters. The highest BCUT2D eigenvalue weighted by molar-refractivity contribution is 6.30. The number of aromatic amines is 1. The zero-order chi connectivity index (χ0) is 14.3. The fourth-order valence-corrected chi connectivity index (χ4v) is 2.19. The molecule has 0 aliphatic heterocycles. The van der Waals surface area contributed by atoms with Gasteiger partial charge >= 0.3 is 0 Å². The number of hydrogen-bond donors (Lipinski definition) is 1. The minimum absolute atomic E-state index is 0.0819. The van der Waals surface area contributed by atoms with E-state index < -0.39 is 11.6 Å². The Morgan fingerprint density at radius 3 is 2.75 bits per heavy atom. The molecule has 0 aliphatic carbocycles. The van der Waals surface area contributed by atoms with E-state index in [1.165, 1.54) is 13.2 Å². The number of benzene rings is 2. The summed E-state index contributed by atoms with van der Waals surface area (Å²) < 4.78 is 32.0. The van der Waals surface area contributed by atoms with Crippen molar-refractivity contribution in [1.82, 2.24) is 9.97 Å². The van der Waals surface area contributed by atoms with Gasteiger partial charge in [0.1, 0.15) is 22.9 Å². The molecule has 0 radical (unpaired) electrons. The van der Waals surface area contributed by atoms with Crippen molar-refractivity contribution in [2.45, 2.75) is 0 Å². The van der Waals surface area contributed by atoms with Gasteiger partial charge < -0.3 is 9.72 Å². The summed E-state index contributed by atoms with van der Waals surface area (Å²) in [5, 5.41) is 0.513. The Bertz CT molecular complexity index is 801. The number of hydrogen-bond acceptors (Lipinski definition) is 2. The van der Waals surface area contributed by atoms with E-state index in [1.807, 2.05) is 0 Å². The number of imidazole rings is 1. The van der Waals surface area contributed by atoms with E-state index in [0.29, 0.717) is 22.2 Å². The first-order chi connectivity index (χ1) is 9.58. The lowest BCUT2D eigenvalue weighted by Crippen LogP contribution is -1.89. The van der Waals surface area contributed by atoms with E-state index in [0.717, 1.165) is 6.07 Å². The van der Waals surface area contributed by atoms with Crippen molar-refractivity contribution in [2.75, 3.05) is 7.11 Å². The molecule has 0 saturated heterocycles. The molecule has 0 aliphatic rings. The van der Waals surface area contributed by atoms with Gasteiger partial charge in [0.25, 0.3) is 0 Å². The zero-order valence-corrected chi connectivity index (χ0v) is 11.1. The standard InChI is InChI=1S/C14H9ClF2N2O/c1-20-12-4-7(15)2-3-9(12)14-18-11-6-8(16)5-10(17)13(11)19-14/h2-6H,1H3,(H,18,19). The summed E-state index contributed by atoms with van der Waals surface area (Å²) in [5.41, 5.74) is 0.987. The number of nitrogens with one attached hydrogen (secondary N) is 1. The summed E-state index contributed by atoms with van der Waals surface area (Å²) >= 11 is 5.89. The molecule has 0 saturated carbocycles. The summed E-state index contributed by atoms with van der Waals surface area (Å²) in [4.78, 5) is 7.02. The van der Waals surface area contributed by atoms with Gasteiger partial charge in [-0.3, -0.25) is 0 Å². The third-order valence-corrected chi connectivity index (χ3v) is 3.16. The summed E-state index contributed by atoms with van der Waals surface area (Å²) in [6, 6.07) is 6.99. The molecule has 0 amide bonds. The molecule has 3 rings (SSSR count). The van der Waals surface area contributed by atoms with Gasteiger partial charge in [-0.15, -0.1) is 0 Å². The molecule has 3 aromatic rings. The van der Waals surface area contributed by atoms with Gasteiger partial charge in [-0.2, -0.15) is 0 Å². The molecule has 3 nitrogen and oxygen atoms in total. The molecule has 20 heavy (non-hydrogen) atoms. The highest BCUT2D eigenvalue weighted by Crippen LogP contribution is 2.32. The fourth-order valence-electron chi connectivity index (χ4n) is 2.03. The van der Waals surface area contributed by atoms with Gasteiger partial charge in [0.15, 0.2) is 5.82 Å². The maximum atomic E-state index is 13.6. The fraction of sp³-hybridized carbons (Fsp3) is 0.0714. The zero-order valence-electron chi connectivity index (χ0n) is 10.4. The quantitative estimate of drug-likeness (QED) is 0.770. The average Bonchev–Trinajstić information content (AvgIpc) is 2.82. The Labute approximate surface area is 118 Å². The molecule has 0 spiro atoms. The molecular weight excluding hydrogens is 286 g/mol. The van der Waals surface area contributed by atoms with Crippen LogP contribution in [0.1, 0.15) is 0 Å². The van der Waals surface area contributed by atoms with Crippen molar-refractivity contribution < 1.29 is 13.5 Å². The molecule has 1 aromatic heterocycles. The Balaban J connectivity index is 2.22. The van der Waals surface area contributed by atoms with Crippen LogP contribution in [0.3, 0.4) is 0 Å². The van der Waals surface area contributed by atoms with E-state index in [-0.39, 0.29) is 11.0 Å². The van der Waals surface area contributed by atoms with Gasteiger partial charge in [-0.25, -0.2) is 13.8 Å². The first-order valence-electron chi connectivity index (χ1n) is 5.77. The van der Waals surface area contributed by atoms with Crippen LogP contribution in [0.5, 0.6) is 5.75 Å². The largest absolute Gasteiger partial charge is 0.496 e. The summed E-state index contributed by atoms with van der Waals surface area (Å²) in [5.74, 6) is -0.487. The van der Waals surface area contributed by atoms with Crippen molar-refractivity contribution in [1.29, 1.82) is 0 Å². The predicted molar refractivity (Wildman–Crippen MR) is 73.0 cm³/mol. The van der Waals surface area contributed by atoms with Crippen LogP contribution in [0.25, 0.3) is 22.4 Å². The number of rotatable bonds is 2. The maximum absolute atomic E-state index is 13.6. The molecule has 1 heterocycles. The second-order valence-electron chi connectivity index (χ2n) is 4.21. The number of H-pyrrole nitrogens is 1. The maximum Gasteiger partial charge on any atom is 0.153 e. The predicted octanol–water partition coefficient (Wildman–Crippen LogP) is 4.17. The second-order valence-corrected chi connectivity index (χ2v) is 4.65. The Hall–Kier alpha value is -2.14. The van der Waals surface area contributed by atoms with Crippen molar-refractivity contribution in [3.8, 4) is 17.1 Å². The second kappa shape index (κ2) is 4.76. The molecule has 0 fully saturated rings. The van der Waals surface area contributed by atoms with Gasteiger partial charge in [-0.05, 0) is 24.3 Å². The highest BCUT2D eigenvalue weighted by atomic mass is 35.5. The van der Waals surface area contributed by atoms with Crippen LogP contribution in [-0.2, 0) is 0 Å². The van der Waals surface area contributed by atoms with Crippen molar-refractivity contribution in [2.24, 2.45) is 0 Å². The van der Waals surface area contributed by atoms with Crippen LogP contribution in [0.2, 0.25) is 5.02 Å². The third-order valence-electron chi connectivity index (χ3n) is 2.92. The van der Waals surface area contributed by atoms with Crippen LogP contribution in [-0.4, -0.2) is 17.1 Å². The van der Waals surface area contributed by atoms with E-state index in [2.05, 4.69) is 9.97 Å². The highest BCUT2D eigenvalue weighted by Gasteiger charge is 2.14. The van der Waals surface area contributed by atoms with Gasteiger partial charge in [-0.1, -0.05) is 11.6 Å². The lowest BCUT2D eigenvalue weighted by molar-refractivity contribution is 0.416.